The standard InChI is InChI=1S/C25H26N2O4S/c1-18-13-14-23-22(15-18)27(32(29,30)21-11-7-4-8-12-21)17-24(31-23)25(28)26-16-19(2)20-9-5-3-6-10-20/h3-15,19,24H,16-17H2,1-2H3,(H,26,28)/t19-,24+/m1/s1. The Morgan fingerprint density at radius 2 is 1.72 bits per heavy atom. The van der Waals surface area contributed by atoms with Crippen molar-refractivity contribution in [2.75, 3.05) is 17.4 Å². The van der Waals surface area contributed by atoms with Crippen molar-refractivity contribution >= 4 is 21.6 Å². The van der Waals surface area contributed by atoms with Crippen LogP contribution in [0.2, 0.25) is 0 Å². The van der Waals surface area contributed by atoms with Crippen LogP contribution in [0.25, 0.3) is 0 Å². The van der Waals surface area contributed by atoms with Crippen molar-refractivity contribution in [3.63, 3.8) is 0 Å². The van der Waals surface area contributed by atoms with Gasteiger partial charge in [0.25, 0.3) is 15.9 Å². The van der Waals surface area contributed by atoms with Gasteiger partial charge in [0, 0.05) is 6.54 Å². The number of anilines is 1. The fourth-order valence-corrected chi connectivity index (χ4v) is 5.20. The first-order valence-electron chi connectivity index (χ1n) is 10.5. The molecular formula is C25H26N2O4S. The van der Waals surface area contributed by atoms with Crippen LogP contribution in [0.1, 0.15) is 24.0 Å². The molecule has 4 rings (SSSR count). The molecule has 6 nitrogen and oxygen atoms in total. The first-order valence-corrected chi connectivity index (χ1v) is 12.0. The maximum Gasteiger partial charge on any atom is 0.264 e. The van der Waals surface area contributed by atoms with Gasteiger partial charge in [-0.1, -0.05) is 61.5 Å². The summed E-state index contributed by atoms with van der Waals surface area (Å²) in [6.45, 7) is 4.24. The van der Waals surface area contributed by atoms with Gasteiger partial charge in [-0.2, -0.15) is 0 Å². The van der Waals surface area contributed by atoms with Gasteiger partial charge in [0.15, 0.2) is 6.10 Å². The van der Waals surface area contributed by atoms with Gasteiger partial charge in [-0.15, -0.1) is 0 Å². The number of hydrogen-bond donors (Lipinski definition) is 1. The van der Waals surface area contributed by atoms with E-state index in [-0.39, 0.29) is 23.3 Å². The van der Waals surface area contributed by atoms with E-state index in [0.717, 1.165) is 11.1 Å². The number of carbonyl (C=O) groups excluding carboxylic acids is 1. The maximum atomic E-state index is 13.4. The van der Waals surface area contributed by atoms with Crippen LogP contribution in [0.4, 0.5) is 5.69 Å². The summed E-state index contributed by atoms with van der Waals surface area (Å²) in [4.78, 5) is 13.1. The SMILES string of the molecule is Cc1ccc2c(c1)N(S(=O)(=O)c1ccccc1)C[C@@H](C(=O)NC[C@@H](C)c1ccccc1)O2. The van der Waals surface area contributed by atoms with E-state index in [0.29, 0.717) is 18.0 Å². The third kappa shape index (κ3) is 4.48. The lowest BCUT2D eigenvalue weighted by molar-refractivity contribution is -0.127. The second kappa shape index (κ2) is 9.04. The van der Waals surface area contributed by atoms with E-state index in [1.807, 2.05) is 50.2 Å². The van der Waals surface area contributed by atoms with Crippen molar-refractivity contribution in [2.24, 2.45) is 0 Å². The third-order valence-electron chi connectivity index (χ3n) is 5.56. The molecule has 3 aromatic carbocycles. The molecule has 0 spiro atoms. The first-order chi connectivity index (χ1) is 15.4. The number of benzene rings is 3. The Labute approximate surface area is 188 Å². The molecule has 7 heteroatoms. The lowest BCUT2D eigenvalue weighted by atomic mass is 10.0. The monoisotopic (exact) mass is 450 g/mol. The van der Waals surface area contributed by atoms with Gasteiger partial charge < -0.3 is 10.1 Å². The first kappa shape index (κ1) is 21.9. The number of aryl methyl sites for hydroxylation is 1. The van der Waals surface area contributed by atoms with Crippen LogP contribution in [0.3, 0.4) is 0 Å². The highest BCUT2D eigenvalue weighted by Gasteiger charge is 2.37. The van der Waals surface area contributed by atoms with Crippen molar-refractivity contribution in [1.29, 1.82) is 0 Å². The number of carbonyl (C=O) groups is 1. The minimum absolute atomic E-state index is 0.0980. The highest BCUT2D eigenvalue weighted by atomic mass is 32.2. The summed E-state index contributed by atoms with van der Waals surface area (Å²) in [7, 11) is -3.86. The van der Waals surface area contributed by atoms with Crippen LogP contribution >= 0.6 is 0 Å². The van der Waals surface area contributed by atoms with E-state index in [4.69, 9.17) is 4.74 Å². The molecule has 1 heterocycles. The average Bonchev–Trinajstić information content (AvgIpc) is 2.82. The Hall–Kier alpha value is -3.32. The van der Waals surface area contributed by atoms with Gasteiger partial charge in [0.2, 0.25) is 0 Å². The van der Waals surface area contributed by atoms with Crippen molar-refractivity contribution in [3.8, 4) is 5.75 Å². The summed E-state index contributed by atoms with van der Waals surface area (Å²) >= 11 is 0. The Morgan fingerprint density at radius 1 is 1.06 bits per heavy atom. The van der Waals surface area contributed by atoms with Gasteiger partial charge in [-0.25, -0.2) is 8.42 Å². The van der Waals surface area contributed by atoms with Crippen molar-refractivity contribution in [2.45, 2.75) is 30.8 Å². The van der Waals surface area contributed by atoms with Gasteiger partial charge in [-0.05, 0) is 48.2 Å². The summed E-state index contributed by atoms with van der Waals surface area (Å²) in [6.07, 6.45) is -0.952. The molecule has 32 heavy (non-hydrogen) atoms. The van der Waals surface area contributed by atoms with Crippen LogP contribution in [0.5, 0.6) is 5.75 Å². The van der Waals surface area contributed by atoms with Gasteiger partial charge in [-0.3, -0.25) is 9.10 Å². The number of fused-ring (bicyclic) bond motifs is 1. The molecule has 0 saturated heterocycles. The Balaban J connectivity index is 1.57. The average molecular weight is 451 g/mol. The number of sulfonamides is 1. The molecule has 0 unspecified atom stereocenters. The largest absolute Gasteiger partial charge is 0.476 e. The van der Waals surface area contributed by atoms with Crippen molar-refractivity contribution < 1.29 is 17.9 Å². The number of nitrogens with one attached hydrogen (secondary N) is 1. The predicted octanol–water partition coefficient (Wildman–Crippen LogP) is 3.87. The van der Waals surface area contributed by atoms with E-state index < -0.39 is 16.1 Å². The van der Waals surface area contributed by atoms with Crippen LogP contribution in [-0.2, 0) is 14.8 Å². The molecule has 0 bridgehead atoms. The molecule has 2 atom stereocenters. The molecule has 0 radical (unpaired) electrons. The summed E-state index contributed by atoms with van der Waals surface area (Å²) in [6, 6.07) is 23.4. The van der Waals surface area contributed by atoms with Crippen LogP contribution in [0, 0.1) is 6.92 Å². The van der Waals surface area contributed by atoms with Crippen molar-refractivity contribution in [1.82, 2.24) is 5.32 Å². The van der Waals surface area contributed by atoms with Gasteiger partial charge in [0.05, 0.1) is 17.1 Å². The Bertz CT molecular complexity index is 1200. The molecule has 1 N–H and O–H groups in total. The van der Waals surface area contributed by atoms with E-state index in [9.17, 15) is 13.2 Å². The number of rotatable bonds is 6. The Kier molecular flexibility index (Phi) is 6.19. The fraction of sp³-hybridized carbons (Fsp3) is 0.240. The minimum Gasteiger partial charge on any atom is -0.476 e. The summed E-state index contributed by atoms with van der Waals surface area (Å²) in [5.74, 6) is 0.146. The number of nitrogens with zero attached hydrogens (tertiary/aromatic N) is 1. The molecule has 0 saturated carbocycles. The fourth-order valence-electron chi connectivity index (χ4n) is 3.71. The number of hydrogen-bond acceptors (Lipinski definition) is 4. The van der Waals surface area contributed by atoms with Crippen LogP contribution in [0.15, 0.2) is 83.8 Å². The normalized spacial score (nSPS) is 16.6. The van der Waals surface area contributed by atoms with Gasteiger partial charge >= 0.3 is 0 Å². The third-order valence-corrected chi connectivity index (χ3v) is 7.35. The summed E-state index contributed by atoms with van der Waals surface area (Å²) < 4.78 is 34.0. The molecule has 1 aliphatic heterocycles. The number of ether oxygens (including phenoxy) is 1. The molecule has 0 aliphatic carbocycles. The molecule has 166 valence electrons. The van der Waals surface area contributed by atoms with Crippen LogP contribution < -0.4 is 14.4 Å². The zero-order chi connectivity index (χ0) is 22.7. The smallest absolute Gasteiger partial charge is 0.264 e. The zero-order valence-corrected chi connectivity index (χ0v) is 18.9. The van der Waals surface area contributed by atoms with E-state index >= 15 is 0 Å². The Morgan fingerprint density at radius 3 is 2.41 bits per heavy atom. The minimum atomic E-state index is -3.86. The predicted molar refractivity (Wildman–Crippen MR) is 124 cm³/mol. The zero-order valence-electron chi connectivity index (χ0n) is 18.1. The molecule has 1 aliphatic rings. The van der Waals surface area contributed by atoms with Crippen LogP contribution in [-0.4, -0.2) is 33.5 Å². The van der Waals surface area contributed by atoms with Crippen molar-refractivity contribution in [3.05, 3.63) is 90.0 Å². The molecular weight excluding hydrogens is 424 g/mol. The second-order valence-corrected chi connectivity index (χ2v) is 9.85. The highest BCUT2D eigenvalue weighted by Crippen LogP contribution is 2.37. The molecule has 1 amide bonds. The van der Waals surface area contributed by atoms with E-state index in [1.165, 1.54) is 4.31 Å². The van der Waals surface area contributed by atoms with E-state index in [2.05, 4.69) is 5.32 Å². The molecule has 0 aromatic heterocycles. The second-order valence-electron chi connectivity index (χ2n) is 7.98. The lowest BCUT2D eigenvalue weighted by Gasteiger charge is -2.35. The number of amides is 1. The molecule has 0 fully saturated rings. The summed E-state index contributed by atoms with van der Waals surface area (Å²) in [5.41, 5.74) is 2.46. The highest BCUT2D eigenvalue weighted by molar-refractivity contribution is 7.92. The summed E-state index contributed by atoms with van der Waals surface area (Å²) in [5, 5.41) is 2.92. The quantitative estimate of drug-likeness (QED) is 0.619. The lowest BCUT2D eigenvalue weighted by Crippen LogP contribution is -2.51. The van der Waals surface area contributed by atoms with Gasteiger partial charge in [0.1, 0.15) is 5.75 Å². The molecule has 3 aromatic rings. The topological polar surface area (TPSA) is 75.7 Å². The maximum absolute atomic E-state index is 13.4. The van der Waals surface area contributed by atoms with E-state index in [1.54, 1.807) is 42.5 Å².